The molecule has 5 nitrogen and oxygen atoms in total. The van der Waals surface area contributed by atoms with Crippen LogP contribution in [0.2, 0.25) is 0 Å². The predicted molar refractivity (Wildman–Crippen MR) is 89.3 cm³/mol. The molecular weight excluding hydrogens is 290 g/mol. The van der Waals surface area contributed by atoms with Crippen molar-refractivity contribution in [2.45, 2.75) is 18.9 Å². The van der Waals surface area contributed by atoms with Gasteiger partial charge >= 0.3 is 0 Å². The molecule has 0 radical (unpaired) electrons. The number of rotatable bonds is 3. The molecule has 0 aliphatic carbocycles. The van der Waals surface area contributed by atoms with E-state index in [0.29, 0.717) is 16.8 Å². The van der Waals surface area contributed by atoms with Crippen molar-refractivity contribution in [1.29, 1.82) is 0 Å². The van der Waals surface area contributed by atoms with Crippen LogP contribution in [0.25, 0.3) is 11.3 Å². The summed E-state index contributed by atoms with van der Waals surface area (Å²) >= 11 is 0. The number of hydrogen-bond acceptors (Lipinski definition) is 4. The summed E-state index contributed by atoms with van der Waals surface area (Å²) in [5, 5.41) is 12.9. The number of pyridine rings is 1. The maximum absolute atomic E-state index is 12.3. The number of benzene rings is 1. The molecule has 0 bridgehead atoms. The number of likely N-dealkylation sites (tertiary alicyclic amines) is 1. The summed E-state index contributed by atoms with van der Waals surface area (Å²) in [6.45, 7) is 2.02. The number of hydrogen-bond donors (Lipinski definition) is 2. The van der Waals surface area contributed by atoms with E-state index in [-0.39, 0.29) is 17.7 Å². The monoisotopic (exact) mass is 311 g/mol. The number of nitrogens with zero attached hydrogens (tertiary/aromatic N) is 2. The van der Waals surface area contributed by atoms with Crippen LogP contribution in [0.1, 0.15) is 23.2 Å². The van der Waals surface area contributed by atoms with Crippen molar-refractivity contribution in [3.05, 3.63) is 48.2 Å². The van der Waals surface area contributed by atoms with Crippen molar-refractivity contribution >= 4 is 5.91 Å². The van der Waals surface area contributed by atoms with Gasteiger partial charge in [0.2, 0.25) is 0 Å². The molecule has 120 valence electrons. The largest absolute Gasteiger partial charge is 0.507 e. The summed E-state index contributed by atoms with van der Waals surface area (Å²) in [4.78, 5) is 18.9. The van der Waals surface area contributed by atoms with E-state index in [2.05, 4.69) is 22.2 Å². The van der Waals surface area contributed by atoms with Gasteiger partial charge in [-0.15, -0.1) is 0 Å². The summed E-state index contributed by atoms with van der Waals surface area (Å²) in [5.41, 5.74) is 1.86. The summed E-state index contributed by atoms with van der Waals surface area (Å²) in [5.74, 6) is 0.0967. The second-order valence-corrected chi connectivity index (χ2v) is 6.00. The van der Waals surface area contributed by atoms with Crippen molar-refractivity contribution in [2.24, 2.45) is 0 Å². The van der Waals surface area contributed by atoms with Gasteiger partial charge in [-0.25, -0.2) is 0 Å². The Morgan fingerprint density at radius 1 is 1.22 bits per heavy atom. The van der Waals surface area contributed by atoms with Gasteiger partial charge < -0.3 is 15.3 Å². The highest BCUT2D eigenvalue weighted by Crippen LogP contribution is 2.26. The molecule has 1 aliphatic heterocycles. The standard InChI is InChI=1S/C18H21N3O2/c1-21-10-8-14(9-11-21)20-18(23)13-6-7-16(19-12-13)15-4-2-3-5-17(15)22/h2-7,12,14,22H,8-11H2,1H3,(H,20,23). The first-order chi connectivity index (χ1) is 11.1. The molecule has 23 heavy (non-hydrogen) atoms. The lowest BCUT2D eigenvalue weighted by Gasteiger charge is -2.29. The van der Waals surface area contributed by atoms with Crippen molar-refractivity contribution in [3.8, 4) is 17.0 Å². The van der Waals surface area contributed by atoms with E-state index >= 15 is 0 Å². The lowest BCUT2D eigenvalue weighted by molar-refractivity contribution is 0.0916. The quantitative estimate of drug-likeness (QED) is 0.913. The number of carbonyl (C=O) groups excluding carboxylic acids is 1. The molecule has 0 atom stereocenters. The average molecular weight is 311 g/mol. The van der Waals surface area contributed by atoms with Crippen LogP contribution in [0.15, 0.2) is 42.6 Å². The number of amides is 1. The third-order valence-electron chi connectivity index (χ3n) is 4.26. The zero-order chi connectivity index (χ0) is 16.2. The van der Waals surface area contributed by atoms with Gasteiger partial charge in [-0.2, -0.15) is 0 Å². The lowest BCUT2D eigenvalue weighted by Crippen LogP contribution is -2.43. The number of aromatic hydroxyl groups is 1. The van der Waals surface area contributed by atoms with Gasteiger partial charge in [0.1, 0.15) is 5.75 Å². The van der Waals surface area contributed by atoms with Crippen molar-refractivity contribution < 1.29 is 9.90 Å². The molecule has 3 rings (SSSR count). The fourth-order valence-electron chi connectivity index (χ4n) is 2.80. The highest BCUT2D eigenvalue weighted by atomic mass is 16.3. The third-order valence-corrected chi connectivity index (χ3v) is 4.26. The van der Waals surface area contributed by atoms with Crippen LogP contribution in [0.4, 0.5) is 0 Å². The summed E-state index contributed by atoms with van der Waals surface area (Å²) in [7, 11) is 2.10. The first-order valence-corrected chi connectivity index (χ1v) is 7.87. The summed E-state index contributed by atoms with van der Waals surface area (Å²) in [6.07, 6.45) is 3.52. The Bertz CT molecular complexity index is 677. The summed E-state index contributed by atoms with van der Waals surface area (Å²) in [6, 6.07) is 10.8. The van der Waals surface area contributed by atoms with Crippen LogP contribution in [0, 0.1) is 0 Å². The van der Waals surface area contributed by atoms with Crippen LogP contribution in [0.5, 0.6) is 5.75 Å². The predicted octanol–water partition coefficient (Wildman–Crippen LogP) is 2.28. The zero-order valence-corrected chi connectivity index (χ0v) is 13.2. The van der Waals surface area contributed by atoms with E-state index in [4.69, 9.17) is 0 Å². The van der Waals surface area contributed by atoms with E-state index in [1.807, 2.05) is 6.07 Å². The summed E-state index contributed by atoms with van der Waals surface area (Å²) < 4.78 is 0. The van der Waals surface area contributed by atoms with Crippen molar-refractivity contribution in [1.82, 2.24) is 15.2 Å². The Labute approximate surface area is 136 Å². The van der Waals surface area contributed by atoms with Crippen molar-refractivity contribution in [2.75, 3.05) is 20.1 Å². The minimum absolute atomic E-state index is 0.0871. The number of phenols is 1. The SMILES string of the molecule is CN1CCC(NC(=O)c2ccc(-c3ccccc3O)nc2)CC1. The molecule has 1 amide bonds. The van der Waals surface area contributed by atoms with E-state index in [0.717, 1.165) is 25.9 Å². The molecule has 2 aromatic rings. The van der Waals surface area contributed by atoms with Crippen LogP contribution >= 0.6 is 0 Å². The van der Waals surface area contributed by atoms with Crippen LogP contribution in [-0.2, 0) is 0 Å². The van der Waals surface area contributed by atoms with Gasteiger partial charge in [0.05, 0.1) is 11.3 Å². The number of nitrogens with one attached hydrogen (secondary N) is 1. The van der Waals surface area contributed by atoms with Gasteiger partial charge in [0.25, 0.3) is 5.91 Å². The van der Waals surface area contributed by atoms with Crippen LogP contribution < -0.4 is 5.32 Å². The Hall–Kier alpha value is -2.40. The van der Waals surface area contributed by atoms with E-state index in [9.17, 15) is 9.90 Å². The molecule has 1 aromatic carbocycles. The molecule has 1 fully saturated rings. The molecule has 0 saturated carbocycles. The fraction of sp³-hybridized carbons (Fsp3) is 0.333. The topological polar surface area (TPSA) is 65.5 Å². The first-order valence-electron chi connectivity index (χ1n) is 7.87. The van der Waals surface area contributed by atoms with Crippen LogP contribution in [0.3, 0.4) is 0 Å². The average Bonchev–Trinajstić information content (AvgIpc) is 2.57. The smallest absolute Gasteiger partial charge is 0.253 e. The van der Waals surface area contributed by atoms with E-state index in [1.54, 1.807) is 36.5 Å². The molecule has 1 saturated heterocycles. The minimum atomic E-state index is -0.0871. The molecular formula is C18H21N3O2. The zero-order valence-electron chi connectivity index (χ0n) is 13.2. The molecule has 2 heterocycles. The third kappa shape index (κ3) is 3.68. The van der Waals surface area contributed by atoms with Gasteiger partial charge in [-0.3, -0.25) is 9.78 Å². The van der Waals surface area contributed by atoms with Gasteiger partial charge in [0.15, 0.2) is 0 Å². The Kier molecular flexibility index (Phi) is 4.57. The van der Waals surface area contributed by atoms with Gasteiger partial charge in [0, 0.05) is 17.8 Å². The number of carbonyl (C=O) groups is 1. The maximum atomic E-state index is 12.3. The molecule has 0 unspecified atom stereocenters. The Balaban J connectivity index is 1.67. The van der Waals surface area contributed by atoms with E-state index in [1.165, 1.54) is 0 Å². The van der Waals surface area contributed by atoms with E-state index < -0.39 is 0 Å². The number of piperidine rings is 1. The Morgan fingerprint density at radius 3 is 2.61 bits per heavy atom. The van der Waals surface area contributed by atoms with Gasteiger partial charge in [-0.1, -0.05) is 12.1 Å². The highest BCUT2D eigenvalue weighted by molar-refractivity contribution is 5.94. The second-order valence-electron chi connectivity index (χ2n) is 6.00. The second kappa shape index (κ2) is 6.79. The lowest BCUT2D eigenvalue weighted by atomic mass is 10.0. The first kappa shape index (κ1) is 15.5. The molecule has 1 aromatic heterocycles. The molecule has 0 spiro atoms. The number of phenolic OH excluding ortho intramolecular Hbond substituents is 1. The molecule has 1 aliphatic rings. The molecule has 5 heteroatoms. The van der Waals surface area contributed by atoms with Crippen LogP contribution in [-0.4, -0.2) is 47.1 Å². The number of para-hydroxylation sites is 1. The highest BCUT2D eigenvalue weighted by Gasteiger charge is 2.19. The van der Waals surface area contributed by atoms with Gasteiger partial charge in [-0.05, 0) is 57.2 Å². The fourth-order valence-corrected chi connectivity index (χ4v) is 2.80. The normalized spacial score (nSPS) is 16.2. The maximum Gasteiger partial charge on any atom is 0.253 e. The van der Waals surface area contributed by atoms with Crippen molar-refractivity contribution in [3.63, 3.8) is 0 Å². The Morgan fingerprint density at radius 2 is 1.96 bits per heavy atom. The minimum Gasteiger partial charge on any atom is -0.507 e. The number of aromatic nitrogens is 1. The molecule has 2 N–H and O–H groups in total.